The fraction of sp³-hybridized carbons (Fsp3) is 0.455. The van der Waals surface area contributed by atoms with E-state index in [1.807, 2.05) is 0 Å². The van der Waals surface area contributed by atoms with Crippen LogP contribution in [0.4, 0.5) is 5.69 Å². The largest absolute Gasteiger partial charge is 0.410 e. The first-order valence-electron chi connectivity index (χ1n) is 10.9. The molecule has 0 N–H and O–H groups in total. The van der Waals surface area contributed by atoms with Gasteiger partial charge in [0, 0.05) is 12.3 Å². The summed E-state index contributed by atoms with van der Waals surface area (Å²) in [5.74, 6) is 0. The van der Waals surface area contributed by atoms with Crippen LogP contribution < -0.4 is 0 Å². The predicted octanol–water partition coefficient (Wildman–Crippen LogP) is 4.86. The van der Waals surface area contributed by atoms with Crippen LogP contribution in [0.15, 0.2) is 46.8 Å². The van der Waals surface area contributed by atoms with Crippen molar-refractivity contribution >= 4 is 41.6 Å². The second kappa shape index (κ2) is 10.4. The van der Waals surface area contributed by atoms with E-state index in [-0.39, 0.29) is 18.2 Å². The van der Waals surface area contributed by atoms with Crippen LogP contribution in [-0.2, 0) is 25.9 Å². The number of sulfonamides is 1. The fourth-order valence-electron chi connectivity index (χ4n) is 3.10. The molecule has 2 aromatic rings. The number of nitrogens with zero attached hydrogens (tertiary/aromatic N) is 4. The van der Waals surface area contributed by atoms with Crippen molar-refractivity contribution in [1.29, 1.82) is 0 Å². The Morgan fingerprint density at radius 2 is 2.03 bits per heavy atom. The van der Waals surface area contributed by atoms with Crippen molar-refractivity contribution in [2.24, 2.45) is 4.99 Å². The Hall–Kier alpha value is -2.29. The molecule has 35 heavy (non-hydrogen) atoms. The van der Waals surface area contributed by atoms with E-state index in [1.165, 1.54) is 35.6 Å². The number of aromatic nitrogens is 1. The summed E-state index contributed by atoms with van der Waals surface area (Å²) < 4.78 is 34.3. The smallest absolute Gasteiger partial charge is 0.289 e. The van der Waals surface area contributed by atoms with Gasteiger partial charge in [-0.15, -0.1) is 17.9 Å². The van der Waals surface area contributed by atoms with Gasteiger partial charge in [-0.2, -0.15) is 0 Å². The molecule has 0 saturated carbocycles. The molecule has 2 heterocycles. The van der Waals surface area contributed by atoms with Crippen LogP contribution in [0.2, 0.25) is 18.1 Å². The number of hydrogen-bond acceptors (Lipinski definition) is 9. The van der Waals surface area contributed by atoms with Crippen LogP contribution in [0.3, 0.4) is 0 Å². The Morgan fingerprint density at radius 3 is 2.66 bits per heavy atom. The third-order valence-corrected chi connectivity index (χ3v) is 13.4. The second-order valence-corrected chi connectivity index (χ2v) is 17.2. The lowest BCUT2D eigenvalue weighted by molar-refractivity contribution is -0.388. The third kappa shape index (κ3) is 5.76. The highest BCUT2D eigenvalue weighted by molar-refractivity contribution is 7.89. The molecule has 0 saturated heterocycles. The van der Waals surface area contributed by atoms with Gasteiger partial charge in [-0.3, -0.25) is 19.9 Å². The van der Waals surface area contributed by atoms with Gasteiger partial charge in [0.25, 0.3) is 15.7 Å². The molecular formula is C22H30N4O6S2Si. The molecule has 10 nitrogen and oxygen atoms in total. The van der Waals surface area contributed by atoms with Crippen molar-refractivity contribution in [2.75, 3.05) is 13.2 Å². The monoisotopic (exact) mass is 538 g/mol. The maximum Gasteiger partial charge on any atom is 0.289 e. The average molecular weight is 539 g/mol. The lowest BCUT2D eigenvalue weighted by Crippen LogP contribution is -2.40. The van der Waals surface area contributed by atoms with E-state index in [0.29, 0.717) is 22.2 Å². The number of rotatable bonds is 10. The number of nitro groups is 1. The quantitative estimate of drug-likeness (QED) is 0.183. The molecule has 3 rings (SSSR count). The molecule has 0 radical (unpaired) electrons. The van der Waals surface area contributed by atoms with Gasteiger partial charge in [0.2, 0.25) is 0 Å². The number of fused-ring (bicyclic) bond motifs is 1. The zero-order valence-corrected chi connectivity index (χ0v) is 23.1. The summed E-state index contributed by atoms with van der Waals surface area (Å²) in [6, 6.07) is 4.33. The maximum absolute atomic E-state index is 13.6. The number of hydrogen-bond donors (Lipinski definition) is 0. The molecule has 13 heteroatoms. The molecule has 1 aliphatic rings. The van der Waals surface area contributed by atoms with Crippen molar-refractivity contribution in [3.05, 3.63) is 62.6 Å². The number of para-hydroxylation sites is 1. The molecule has 1 aliphatic heterocycles. The van der Waals surface area contributed by atoms with E-state index in [2.05, 4.69) is 50.4 Å². The molecule has 0 bridgehead atoms. The van der Waals surface area contributed by atoms with E-state index in [0.717, 1.165) is 10.5 Å². The predicted molar refractivity (Wildman–Crippen MR) is 138 cm³/mol. The Labute approximate surface area is 210 Å². The van der Waals surface area contributed by atoms with Gasteiger partial charge in [-0.05, 0) is 24.2 Å². The topological polar surface area (TPSA) is 124 Å². The zero-order valence-electron chi connectivity index (χ0n) is 20.4. The summed E-state index contributed by atoms with van der Waals surface area (Å²) in [7, 11) is -6.46. The van der Waals surface area contributed by atoms with E-state index in [4.69, 9.17) is 9.26 Å². The normalized spacial score (nSPS) is 16.3. The highest BCUT2D eigenvalue weighted by Gasteiger charge is 2.41. The van der Waals surface area contributed by atoms with Crippen molar-refractivity contribution in [3.63, 3.8) is 0 Å². The van der Waals surface area contributed by atoms with Gasteiger partial charge in [0.1, 0.15) is 11.0 Å². The standard InChI is InChI=1S/C22H30N4O6S2Si/c1-7-12-31-26(34(29,30)19-11-9-8-10-17(19)25(27)28)18-14-23-13-16-21(18)33-20(24-16)15-32-35(5,6)22(2,3)4/h7-11,13,18H,1,12,14-15H2,2-6H3. The van der Waals surface area contributed by atoms with Gasteiger partial charge in [0.05, 0.1) is 35.3 Å². The number of aliphatic imine (C=N–C) groups is 1. The van der Waals surface area contributed by atoms with Crippen LogP contribution in [0.5, 0.6) is 0 Å². The molecule has 1 atom stereocenters. The molecular weight excluding hydrogens is 508 g/mol. The lowest BCUT2D eigenvalue weighted by Gasteiger charge is -2.35. The van der Waals surface area contributed by atoms with Gasteiger partial charge in [-0.1, -0.05) is 43.4 Å². The van der Waals surface area contributed by atoms with Crippen molar-refractivity contribution < 1.29 is 22.6 Å². The molecule has 0 amide bonds. The molecule has 1 aromatic heterocycles. The minimum atomic E-state index is -4.43. The Balaban J connectivity index is 1.99. The first kappa shape index (κ1) is 27.3. The minimum Gasteiger partial charge on any atom is -0.410 e. The van der Waals surface area contributed by atoms with E-state index in [9.17, 15) is 18.5 Å². The lowest BCUT2D eigenvalue weighted by atomic mass is 10.2. The van der Waals surface area contributed by atoms with Crippen LogP contribution in [0, 0.1) is 10.1 Å². The zero-order chi connectivity index (χ0) is 26.0. The SMILES string of the molecule is C=CCON(C1CN=Cc2nc(CO[Si](C)(C)C(C)(C)C)sc21)S(=O)(=O)c1ccccc1[N+](=O)[O-]. The van der Waals surface area contributed by atoms with Crippen LogP contribution in [0.25, 0.3) is 0 Å². The van der Waals surface area contributed by atoms with E-state index in [1.54, 1.807) is 6.21 Å². The third-order valence-electron chi connectivity index (χ3n) is 6.03. The molecule has 1 unspecified atom stereocenters. The van der Waals surface area contributed by atoms with Gasteiger partial charge in [0.15, 0.2) is 13.2 Å². The van der Waals surface area contributed by atoms with Crippen LogP contribution in [0.1, 0.15) is 42.4 Å². The summed E-state index contributed by atoms with van der Waals surface area (Å²) in [4.78, 5) is 25.5. The minimum absolute atomic E-state index is 0.0294. The van der Waals surface area contributed by atoms with Gasteiger partial charge >= 0.3 is 0 Å². The van der Waals surface area contributed by atoms with Crippen LogP contribution in [-0.4, -0.2) is 50.5 Å². The number of nitro benzene ring substituents is 1. The summed E-state index contributed by atoms with van der Waals surface area (Å²) in [5, 5.41) is 12.3. The van der Waals surface area contributed by atoms with E-state index < -0.39 is 39.9 Å². The summed E-state index contributed by atoms with van der Waals surface area (Å²) in [6.07, 6.45) is 3.00. The maximum atomic E-state index is 13.6. The van der Waals surface area contributed by atoms with Gasteiger partial charge < -0.3 is 4.43 Å². The fourth-order valence-corrected chi connectivity index (χ4v) is 6.79. The molecule has 0 aliphatic carbocycles. The van der Waals surface area contributed by atoms with E-state index >= 15 is 0 Å². The summed E-state index contributed by atoms with van der Waals surface area (Å²) >= 11 is 1.33. The van der Waals surface area contributed by atoms with Crippen molar-refractivity contribution in [3.8, 4) is 0 Å². The summed E-state index contributed by atoms with van der Waals surface area (Å²) in [5.41, 5.74) is -0.00273. The first-order chi connectivity index (χ1) is 16.3. The van der Waals surface area contributed by atoms with Crippen molar-refractivity contribution in [1.82, 2.24) is 9.45 Å². The number of hydroxylamine groups is 1. The molecule has 190 valence electrons. The Bertz CT molecular complexity index is 1240. The highest BCUT2D eigenvalue weighted by atomic mass is 32.2. The Kier molecular flexibility index (Phi) is 8.08. The van der Waals surface area contributed by atoms with Crippen LogP contribution >= 0.6 is 11.3 Å². The highest BCUT2D eigenvalue weighted by Crippen LogP contribution is 2.40. The average Bonchev–Trinajstić information content (AvgIpc) is 3.21. The van der Waals surface area contributed by atoms with Gasteiger partial charge in [-0.25, -0.2) is 13.4 Å². The number of benzene rings is 1. The second-order valence-electron chi connectivity index (χ2n) is 9.49. The molecule has 0 fully saturated rings. The molecule has 1 aromatic carbocycles. The van der Waals surface area contributed by atoms with Crippen molar-refractivity contribution in [2.45, 2.75) is 56.4 Å². The number of thiazole rings is 1. The first-order valence-corrected chi connectivity index (χ1v) is 16.1. The Morgan fingerprint density at radius 1 is 1.34 bits per heavy atom. The molecule has 0 spiro atoms. The summed E-state index contributed by atoms with van der Waals surface area (Å²) in [6.45, 7) is 14.6.